The van der Waals surface area contributed by atoms with Gasteiger partial charge < -0.3 is 5.32 Å². The first-order valence-corrected chi connectivity index (χ1v) is 7.83. The molecule has 0 bridgehead atoms. The molecule has 5 heteroatoms. The van der Waals surface area contributed by atoms with E-state index in [1.165, 1.54) is 5.56 Å². The van der Waals surface area contributed by atoms with Crippen molar-refractivity contribution >= 4 is 27.9 Å². The topological polar surface area (TPSA) is 29.3 Å². The number of hydrogen-bond acceptors (Lipinski definition) is 3. The van der Waals surface area contributed by atoms with Crippen LogP contribution < -0.4 is 5.32 Å². The first-order valence-electron chi connectivity index (χ1n) is 6.57. The Morgan fingerprint density at radius 2 is 2.35 bits per heavy atom. The molecule has 0 amide bonds. The van der Waals surface area contributed by atoms with Gasteiger partial charge in [0.25, 0.3) is 0 Å². The molecule has 0 aliphatic rings. The minimum atomic E-state index is 0.378. The molecule has 20 heavy (non-hydrogen) atoms. The average Bonchev–Trinajstić information content (AvgIpc) is 2.99. The predicted octanol–water partition coefficient (Wildman–Crippen LogP) is 3.59. The smallest absolute Gasteiger partial charge is 0.193 e. The van der Waals surface area contributed by atoms with Gasteiger partial charge in [-0.05, 0) is 31.2 Å². The molecule has 2 heterocycles. The Hall–Kier alpha value is -1.36. The highest BCUT2D eigenvalue weighted by Crippen LogP contribution is 2.23. The Balaban J connectivity index is 1.85. The van der Waals surface area contributed by atoms with Gasteiger partial charge >= 0.3 is 0 Å². The van der Waals surface area contributed by atoms with Crippen LogP contribution in [0.15, 0.2) is 42.0 Å². The molecule has 0 fully saturated rings. The lowest BCUT2D eigenvalue weighted by atomic mass is 9.94. The molecule has 0 saturated heterocycles. The molecule has 0 spiro atoms. The zero-order valence-electron chi connectivity index (χ0n) is 11.2. The van der Waals surface area contributed by atoms with Gasteiger partial charge in [-0.25, -0.2) is 4.98 Å². The van der Waals surface area contributed by atoms with Gasteiger partial charge in [-0.3, -0.25) is 4.40 Å². The maximum absolute atomic E-state index is 6.10. The molecule has 104 valence electrons. The summed E-state index contributed by atoms with van der Waals surface area (Å²) in [6.45, 7) is 0.908. The van der Waals surface area contributed by atoms with E-state index in [4.69, 9.17) is 11.6 Å². The van der Waals surface area contributed by atoms with E-state index in [2.05, 4.69) is 27.0 Å². The van der Waals surface area contributed by atoms with E-state index in [-0.39, 0.29) is 0 Å². The van der Waals surface area contributed by atoms with Crippen molar-refractivity contribution in [3.05, 3.63) is 58.3 Å². The number of thiazole rings is 1. The Labute approximate surface area is 127 Å². The molecule has 1 N–H and O–H groups in total. The molecular formula is C15H16ClN3S. The van der Waals surface area contributed by atoms with Gasteiger partial charge in [-0.2, -0.15) is 0 Å². The van der Waals surface area contributed by atoms with Gasteiger partial charge in [0.2, 0.25) is 0 Å². The Kier molecular flexibility index (Phi) is 4.05. The molecule has 0 saturated carbocycles. The van der Waals surface area contributed by atoms with Gasteiger partial charge in [0.1, 0.15) is 0 Å². The highest BCUT2D eigenvalue weighted by atomic mass is 35.5. The van der Waals surface area contributed by atoms with Crippen molar-refractivity contribution in [2.45, 2.75) is 12.3 Å². The third-order valence-electron chi connectivity index (χ3n) is 3.37. The Morgan fingerprint density at radius 3 is 3.10 bits per heavy atom. The summed E-state index contributed by atoms with van der Waals surface area (Å²) in [5.41, 5.74) is 2.38. The molecule has 2 aromatic heterocycles. The summed E-state index contributed by atoms with van der Waals surface area (Å²) in [5.74, 6) is 0.378. The van der Waals surface area contributed by atoms with Crippen LogP contribution in [0.4, 0.5) is 0 Å². The van der Waals surface area contributed by atoms with Crippen LogP contribution in [0, 0.1) is 0 Å². The van der Waals surface area contributed by atoms with Crippen molar-refractivity contribution in [1.82, 2.24) is 14.7 Å². The second kappa shape index (κ2) is 5.95. The zero-order valence-corrected chi connectivity index (χ0v) is 12.8. The van der Waals surface area contributed by atoms with Gasteiger partial charge in [0, 0.05) is 35.3 Å². The Bertz CT molecular complexity index is 675. The van der Waals surface area contributed by atoms with Gasteiger partial charge in [0.05, 0.1) is 5.69 Å². The second-order valence-corrected chi connectivity index (χ2v) is 6.15. The van der Waals surface area contributed by atoms with E-state index in [0.717, 1.165) is 28.6 Å². The van der Waals surface area contributed by atoms with E-state index in [1.807, 2.05) is 36.8 Å². The standard InChI is InChI=1S/C15H16ClN3S/c1-17-9-12(11-3-2-4-13(16)7-11)8-14-10-19-5-6-20-15(19)18-14/h2-7,10,12,17H,8-9H2,1H3. The van der Waals surface area contributed by atoms with Gasteiger partial charge in [0.15, 0.2) is 4.96 Å². The summed E-state index contributed by atoms with van der Waals surface area (Å²) >= 11 is 7.76. The monoisotopic (exact) mass is 305 g/mol. The third kappa shape index (κ3) is 2.87. The minimum absolute atomic E-state index is 0.378. The number of rotatable bonds is 5. The SMILES string of the molecule is CNCC(Cc1cn2ccsc2n1)c1cccc(Cl)c1. The van der Waals surface area contributed by atoms with Gasteiger partial charge in [-0.1, -0.05) is 23.7 Å². The van der Waals surface area contributed by atoms with Crippen LogP contribution >= 0.6 is 22.9 Å². The van der Waals surface area contributed by atoms with E-state index in [1.54, 1.807) is 11.3 Å². The number of nitrogens with zero attached hydrogens (tertiary/aromatic N) is 2. The van der Waals surface area contributed by atoms with E-state index >= 15 is 0 Å². The molecule has 3 rings (SSSR count). The van der Waals surface area contributed by atoms with Crippen LogP contribution in [0.25, 0.3) is 4.96 Å². The number of imidazole rings is 1. The molecule has 3 nitrogen and oxygen atoms in total. The van der Waals surface area contributed by atoms with Crippen LogP contribution in [0.3, 0.4) is 0 Å². The molecule has 1 aromatic carbocycles. The third-order valence-corrected chi connectivity index (χ3v) is 4.38. The number of aromatic nitrogens is 2. The fourth-order valence-corrected chi connectivity index (χ4v) is 3.36. The lowest BCUT2D eigenvalue weighted by molar-refractivity contribution is 0.620. The highest BCUT2D eigenvalue weighted by Gasteiger charge is 2.14. The summed E-state index contributed by atoms with van der Waals surface area (Å²) in [5, 5.41) is 6.09. The first-order chi connectivity index (χ1) is 9.76. The maximum Gasteiger partial charge on any atom is 0.193 e. The molecule has 0 aliphatic heterocycles. The summed E-state index contributed by atoms with van der Waals surface area (Å²) < 4.78 is 2.08. The number of hydrogen-bond donors (Lipinski definition) is 1. The first kappa shape index (κ1) is 13.6. The summed E-state index contributed by atoms with van der Waals surface area (Å²) in [6.07, 6.45) is 5.07. The number of halogens is 1. The van der Waals surface area contributed by atoms with Gasteiger partial charge in [-0.15, -0.1) is 11.3 Å². The van der Waals surface area contributed by atoms with Crippen molar-refractivity contribution in [1.29, 1.82) is 0 Å². The number of fused-ring (bicyclic) bond motifs is 1. The van der Waals surface area contributed by atoms with E-state index < -0.39 is 0 Å². The average molecular weight is 306 g/mol. The van der Waals surface area contributed by atoms with E-state index in [9.17, 15) is 0 Å². The molecule has 3 aromatic rings. The van der Waals surface area contributed by atoms with Crippen LogP contribution in [-0.4, -0.2) is 23.0 Å². The fourth-order valence-electron chi connectivity index (χ4n) is 2.44. The number of benzene rings is 1. The Morgan fingerprint density at radius 1 is 1.45 bits per heavy atom. The molecule has 0 aliphatic carbocycles. The number of likely N-dealkylation sites (N-methyl/N-ethyl adjacent to an activating group) is 1. The quantitative estimate of drug-likeness (QED) is 0.780. The lowest BCUT2D eigenvalue weighted by Crippen LogP contribution is -2.19. The summed E-state index contributed by atoms with van der Waals surface area (Å²) in [6, 6.07) is 8.09. The predicted molar refractivity (Wildman–Crippen MR) is 84.9 cm³/mol. The van der Waals surface area contributed by atoms with Crippen LogP contribution in [0.5, 0.6) is 0 Å². The van der Waals surface area contributed by atoms with Crippen LogP contribution in [0.2, 0.25) is 5.02 Å². The summed E-state index contributed by atoms with van der Waals surface area (Å²) in [7, 11) is 1.98. The van der Waals surface area contributed by atoms with Crippen molar-refractivity contribution in [3.63, 3.8) is 0 Å². The largest absolute Gasteiger partial charge is 0.319 e. The maximum atomic E-state index is 6.10. The van der Waals surface area contributed by atoms with E-state index in [0.29, 0.717) is 5.92 Å². The van der Waals surface area contributed by atoms with Crippen LogP contribution in [0.1, 0.15) is 17.2 Å². The van der Waals surface area contributed by atoms with Crippen molar-refractivity contribution in [2.75, 3.05) is 13.6 Å². The molecular weight excluding hydrogens is 290 g/mol. The zero-order chi connectivity index (χ0) is 13.9. The second-order valence-electron chi connectivity index (χ2n) is 4.84. The van der Waals surface area contributed by atoms with Crippen LogP contribution in [-0.2, 0) is 6.42 Å². The van der Waals surface area contributed by atoms with Crippen molar-refractivity contribution in [3.8, 4) is 0 Å². The fraction of sp³-hybridized carbons (Fsp3) is 0.267. The molecule has 1 atom stereocenters. The summed E-state index contributed by atoms with van der Waals surface area (Å²) in [4.78, 5) is 5.71. The molecule has 0 radical (unpaired) electrons. The molecule has 1 unspecified atom stereocenters. The minimum Gasteiger partial charge on any atom is -0.319 e. The van der Waals surface area contributed by atoms with Crippen molar-refractivity contribution < 1.29 is 0 Å². The highest BCUT2D eigenvalue weighted by molar-refractivity contribution is 7.15. The normalized spacial score (nSPS) is 12.9. The number of nitrogens with one attached hydrogen (secondary N) is 1. The van der Waals surface area contributed by atoms with Crippen molar-refractivity contribution in [2.24, 2.45) is 0 Å². The lowest BCUT2D eigenvalue weighted by Gasteiger charge is -2.16.